The van der Waals surface area contributed by atoms with Gasteiger partial charge in [-0.1, -0.05) is 54.2 Å². The molecule has 2 heterocycles. The van der Waals surface area contributed by atoms with Crippen molar-refractivity contribution in [3.63, 3.8) is 0 Å². The molecule has 2 aromatic carbocycles. The van der Waals surface area contributed by atoms with Crippen LogP contribution >= 0.6 is 11.8 Å². The smallest absolute Gasteiger partial charge is 0.192 e. The van der Waals surface area contributed by atoms with Gasteiger partial charge in [0.25, 0.3) is 0 Å². The minimum absolute atomic E-state index is 0.00852. The number of furan rings is 1. The van der Waals surface area contributed by atoms with Crippen LogP contribution in [0.5, 0.6) is 5.75 Å². The van der Waals surface area contributed by atoms with E-state index < -0.39 is 0 Å². The van der Waals surface area contributed by atoms with Gasteiger partial charge in [0.15, 0.2) is 16.8 Å². The first-order valence-electron chi connectivity index (χ1n) is 9.47. The van der Waals surface area contributed by atoms with Crippen LogP contribution in [0.2, 0.25) is 0 Å². The Labute approximate surface area is 178 Å². The molecule has 0 radical (unpaired) electrons. The molecular weight excluding hydrogens is 398 g/mol. The first-order valence-corrected chi connectivity index (χ1v) is 10.5. The summed E-state index contributed by atoms with van der Waals surface area (Å²) in [5.74, 6) is 2.43. The lowest BCUT2D eigenvalue weighted by molar-refractivity contribution is 0.102. The lowest BCUT2D eigenvalue weighted by Gasteiger charge is -2.10. The number of nitrogens with zero attached hydrogens (tertiary/aromatic N) is 3. The van der Waals surface area contributed by atoms with E-state index in [2.05, 4.69) is 22.3 Å². The number of aromatic nitrogens is 3. The molecule has 0 aliphatic heterocycles. The van der Waals surface area contributed by atoms with Crippen molar-refractivity contribution < 1.29 is 13.9 Å². The molecule has 0 aliphatic rings. The van der Waals surface area contributed by atoms with Crippen LogP contribution in [0.25, 0.3) is 11.4 Å². The van der Waals surface area contributed by atoms with Gasteiger partial charge in [-0.05, 0) is 30.7 Å². The van der Waals surface area contributed by atoms with Crippen LogP contribution in [0, 0.1) is 6.92 Å². The zero-order valence-corrected chi connectivity index (χ0v) is 17.6. The third-order valence-electron chi connectivity index (χ3n) is 4.72. The Morgan fingerprint density at radius 1 is 1.10 bits per heavy atom. The third kappa shape index (κ3) is 4.31. The van der Waals surface area contributed by atoms with E-state index in [9.17, 15) is 4.79 Å². The zero-order valence-electron chi connectivity index (χ0n) is 16.7. The summed E-state index contributed by atoms with van der Waals surface area (Å²) in [6.45, 7) is 2.50. The van der Waals surface area contributed by atoms with Crippen molar-refractivity contribution in [3.8, 4) is 17.1 Å². The van der Waals surface area contributed by atoms with Gasteiger partial charge in [-0.3, -0.25) is 9.36 Å². The molecule has 0 N–H and O–H groups in total. The van der Waals surface area contributed by atoms with E-state index in [0.717, 1.165) is 22.7 Å². The van der Waals surface area contributed by atoms with Crippen LogP contribution in [-0.4, -0.2) is 33.4 Å². The number of ketones is 1. The molecule has 6 nitrogen and oxygen atoms in total. The minimum atomic E-state index is 0.00852. The topological polar surface area (TPSA) is 70.2 Å². The van der Waals surface area contributed by atoms with E-state index in [1.807, 2.05) is 47.9 Å². The lowest BCUT2D eigenvalue weighted by Crippen LogP contribution is -2.07. The fraction of sp³-hybridized carbons (Fsp3) is 0.174. The number of hydrogen-bond donors (Lipinski definition) is 0. The SMILES string of the molecule is COc1cccc(C(=O)CSc2nnc(-c3ccoc3C)n2Cc2ccccc2)c1. The Kier molecular flexibility index (Phi) is 5.99. The molecule has 4 aromatic rings. The molecule has 2 aromatic heterocycles. The molecule has 0 unspecified atom stereocenters. The summed E-state index contributed by atoms with van der Waals surface area (Å²) in [5, 5.41) is 9.45. The number of carbonyl (C=O) groups is 1. The summed E-state index contributed by atoms with van der Waals surface area (Å²) < 4.78 is 12.7. The molecule has 0 spiro atoms. The number of benzene rings is 2. The van der Waals surface area contributed by atoms with Crippen LogP contribution in [0.3, 0.4) is 0 Å². The molecule has 0 atom stereocenters. The maximum absolute atomic E-state index is 12.7. The predicted molar refractivity (Wildman–Crippen MR) is 116 cm³/mol. The summed E-state index contributed by atoms with van der Waals surface area (Å²) in [7, 11) is 1.59. The first kappa shape index (κ1) is 20.0. The standard InChI is InChI=1S/C23H21N3O3S/c1-16-20(11-12-29-16)22-24-25-23(26(22)14-17-7-4-3-5-8-17)30-15-21(27)18-9-6-10-19(13-18)28-2/h3-13H,14-15H2,1-2H3. The number of aryl methyl sites for hydroxylation is 1. The van der Waals surface area contributed by atoms with Crippen LogP contribution in [-0.2, 0) is 6.54 Å². The van der Waals surface area contributed by atoms with Crippen molar-refractivity contribution in [1.82, 2.24) is 14.8 Å². The number of rotatable bonds is 8. The Bertz CT molecular complexity index is 1150. The molecule has 0 bridgehead atoms. The predicted octanol–water partition coefficient (Wildman–Crippen LogP) is 4.88. The van der Waals surface area contributed by atoms with Gasteiger partial charge in [0.05, 0.1) is 31.2 Å². The molecule has 0 amide bonds. The summed E-state index contributed by atoms with van der Waals surface area (Å²) >= 11 is 1.38. The first-order chi connectivity index (χ1) is 14.7. The second-order valence-corrected chi connectivity index (χ2v) is 7.65. The van der Waals surface area contributed by atoms with Crippen molar-refractivity contribution in [1.29, 1.82) is 0 Å². The quantitative estimate of drug-likeness (QED) is 0.299. The number of hydrogen-bond acceptors (Lipinski definition) is 6. The molecule has 4 rings (SSSR count). The maximum atomic E-state index is 12.7. The minimum Gasteiger partial charge on any atom is -0.497 e. The van der Waals surface area contributed by atoms with E-state index in [1.165, 1.54) is 11.8 Å². The van der Waals surface area contributed by atoms with Crippen LogP contribution < -0.4 is 4.74 Å². The highest BCUT2D eigenvalue weighted by atomic mass is 32.2. The lowest BCUT2D eigenvalue weighted by atomic mass is 10.1. The number of ether oxygens (including phenoxy) is 1. The van der Waals surface area contributed by atoms with Crippen molar-refractivity contribution in [2.75, 3.05) is 12.9 Å². The normalized spacial score (nSPS) is 10.9. The Morgan fingerprint density at radius 3 is 2.67 bits per heavy atom. The second kappa shape index (κ2) is 9.00. The fourth-order valence-corrected chi connectivity index (χ4v) is 3.96. The Morgan fingerprint density at radius 2 is 1.93 bits per heavy atom. The summed E-state index contributed by atoms with van der Waals surface area (Å²) in [6.07, 6.45) is 1.64. The van der Waals surface area contributed by atoms with E-state index in [-0.39, 0.29) is 11.5 Å². The molecular formula is C23H21N3O3S. The number of methoxy groups -OCH3 is 1. The largest absolute Gasteiger partial charge is 0.497 e. The van der Waals surface area contributed by atoms with Crippen molar-refractivity contribution >= 4 is 17.5 Å². The maximum Gasteiger partial charge on any atom is 0.192 e. The van der Waals surface area contributed by atoms with Crippen LogP contribution in [0.4, 0.5) is 0 Å². The fourth-order valence-electron chi connectivity index (χ4n) is 3.13. The number of thioether (sulfide) groups is 1. The van der Waals surface area contributed by atoms with Gasteiger partial charge < -0.3 is 9.15 Å². The van der Waals surface area contributed by atoms with Crippen molar-refractivity contribution in [3.05, 3.63) is 83.8 Å². The van der Waals surface area contributed by atoms with E-state index in [4.69, 9.17) is 9.15 Å². The molecule has 0 fully saturated rings. The van der Waals surface area contributed by atoms with Gasteiger partial charge in [0.2, 0.25) is 0 Å². The van der Waals surface area contributed by atoms with Crippen LogP contribution in [0.1, 0.15) is 21.7 Å². The molecule has 152 valence electrons. The van der Waals surface area contributed by atoms with Gasteiger partial charge in [-0.2, -0.15) is 0 Å². The summed E-state index contributed by atoms with van der Waals surface area (Å²) in [4.78, 5) is 12.7. The van der Waals surface area contributed by atoms with E-state index in [1.54, 1.807) is 25.5 Å². The summed E-state index contributed by atoms with van der Waals surface area (Å²) in [5.41, 5.74) is 2.63. The Hall–Kier alpha value is -3.32. The number of carbonyl (C=O) groups excluding carboxylic acids is 1. The van der Waals surface area contributed by atoms with Gasteiger partial charge >= 0.3 is 0 Å². The molecule has 7 heteroatoms. The second-order valence-electron chi connectivity index (χ2n) is 6.71. The average molecular weight is 420 g/mol. The van der Waals surface area contributed by atoms with Crippen molar-refractivity contribution in [2.45, 2.75) is 18.6 Å². The zero-order chi connectivity index (χ0) is 20.9. The van der Waals surface area contributed by atoms with Gasteiger partial charge in [-0.15, -0.1) is 10.2 Å². The number of Topliss-reactive ketones (excluding diaryl/α,β-unsaturated/α-hetero) is 1. The van der Waals surface area contributed by atoms with Crippen molar-refractivity contribution in [2.24, 2.45) is 0 Å². The van der Waals surface area contributed by atoms with Crippen LogP contribution in [0.15, 0.2) is 76.5 Å². The van der Waals surface area contributed by atoms with Gasteiger partial charge in [0, 0.05) is 5.56 Å². The monoisotopic (exact) mass is 419 g/mol. The highest BCUT2D eigenvalue weighted by Gasteiger charge is 2.19. The molecule has 0 saturated heterocycles. The van der Waals surface area contributed by atoms with E-state index in [0.29, 0.717) is 23.0 Å². The average Bonchev–Trinajstić information content (AvgIpc) is 3.38. The molecule has 0 saturated carbocycles. The molecule has 30 heavy (non-hydrogen) atoms. The highest BCUT2D eigenvalue weighted by Crippen LogP contribution is 2.28. The third-order valence-corrected chi connectivity index (χ3v) is 5.69. The van der Waals surface area contributed by atoms with Gasteiger partial charge in [0.1, 0.15) is 11.5 Å². The Balaban J connectivity index is 1.60. The summed E-state index contributed by atoms with van der Waals surface area (Å²) in [6, 6.07) is 19.2. The molecule has 0 aliphatic carbocycles. The van der Waals surface area contributed by atoms with Gasteiger partial charge in [-0.25, -0.2) is 0 Å². The van der Waals surface area contributed by atoms with E-state index >= 15 is 0 Å². The highest BCUT2D eigenvalue weighted by molar-refractivity contribution is 7.99.